The highest BCUT2D eigenvalue weighted by Crippen LogP contribution is 2.66. The molecule has 1 heterocycles. The van der Waals surface area contributed by atoms with Gasteiger partial charge in [0.15, 0.2) is 10.9 Å². The second-order valence-corrected chi connectivity index (χ2v) is 11.7. The van der Waals surface area contributed by atoms with E-state index in [-0.39, 0.29) is 34.2 Å². The van der Waals surface area contributed by atoms with Crippen molar-refractivity contribution in [1.82, 2.24) is 9.97 Å². The van der Waals surface area contributed by atoms with Crippen LogP contribution in [0.4, 0.5) is 0 Å². The molecule has 5 nitrogen and oxygen atoms in total. The smallest absolute Gasteiger partial charge is 0.187 e. The Balaban J connectivity index is 1.39. The Labute approximate surface area is 194 Å². The lowest BCUT2D eigenvalue weighted by Gasteiger charge is -2.60. The third-order valence-corrected chi connectivity index (χ3v) is 9.99. The van der Waals surface area contributed by atoms with Gasteiger partial charge < -0.3 is 5.11 Å². The summed E-state index contributed by atoms with van der Waals surface area (Å²) in [5, 5.41) is 12.1. The van der Waals surface area contributed by atoms with E-state index in [1.54, 1.807) is 24.5 Å². The van der Waals surface area contributed by atoms with Gasteiger partial charge in [0, 0.05) is 29.6 Å². The third-order valence-electron chi connectivity index (χ3n) is 9.09. The molecule has 3 saturated carbocycles. The van der Waals surface area contributed by atoms with Gasteiger partial charge in [0.05, 0.1) is 11.9 Å². The molecule has 3 fully saturated rings. The van der Waals surface area contributed by atoms with E-state index in [9.17, 15) is 14.7 Å². The molecule has 8 atom stereocenters. The van der Waals surface area contributed by atoms with E-state index >= 15 is 0 Å². The van der Waals surface area contributed by atoms with Gasteiger partial charge in [0.25, 0.3) is 0 Å². The van der Waals surface area contributed by atoms with Crippen LogP contribution >= 0.6 is 11.8 Å². The Kier molecular flexibility index (Phi) is 5.44. The van der Waals surface area contributed by atoms with Crippen LogP contribution in [0.3, 0.4) is 0 Å². The number of fused-ring (bicyclic) bond motifs is 5. The van der Waals surface area contributed by atoms with Crippen LogP contribution in [0.1, 0.15) is 46.5 Å². The van der Waals surface area contributed by atoms with E-state index in [1.165, 1.54) is 17.3 Å². The minimum absolute atomic E-state index is 0.0251. The molecule has 0 saturated heterocycles. The van der Waals surface area contributed by atoms with Crippen molar-refractivity contribution in [3.63, 3.8) is 0 Å². The fourth-order valence-electron chi connectivity index (χ4n) is 7.87. The molecule has 0 amide bonds. The number of rotatable bonds is 4. The highest BCUT2D eigenvalue weighted by molar-refractivity contribution is 7.99. The van der Waals surface area contributed by atoms with Gasteiger partial charge in [0.1, 0.15) is 5.78 Å². The highest BCUT2D eigenvalue weighted by Gasteiger charge is 2.63. The first-order valence-corrected chi connectivity index (χ1v) is 12.8. The van der Waals surface area contributed by atoms with Gasteiger partial charge in [-0.25, -0.2) is 9.97 Å². The summed E-state index contributed by atoms with van der Waals surface area (Å²) in [6.07, 6.45) is 12.0. The minimum Gasteiger partial charge on any atom is -0.393 e. The van der Waals surface area contributed by atoms with Crippen molar-refractivity contribution >= 4 is 23.3 Å². The summed E-state index contributed by atoms with van der Waals surface area (Å²) in [7, 11) is 0. The summed E-state index contributed by atoms with van der Waals surface area (Å²) in [6, 6.07) is 1.78. The number of hydrogen-bond acceptors (Lipinski definition) is 6. The molecule has 6 unspecified atom stereocenters. The van der Waals surface area contributed by atoms with Gasteiger partial charge in [0.2, 0.25) is 0 Å². The van der Waals surface area contributed by atoms with Crippen LogP contribution in [0.5, 0.6) is 0 Å². The predicted molar refractivity (Wildman–Crippen MR) is 124 cm³/mol. The molecule has 4 aliphatic rings. The minimum atomic E-state index is -0.474. The molecule has 0 radical (unpaired) electrons. The lowest BCUT2D eigenvalue weighted by Crippen LogP contribution is -2.57. The lowest BCUT2D eigenvalue weighted by atomic mass is 9.45. The third kappa shape index (κ3) is 3.33. The van der Waals surface area contributed by atoms with Crippen LogP contribution < -0.4 is 0 Å². The van der Waals surface area contributed by atoms with Crippen LogP contribution in [-0.2, 0) is 9.59 Å². The zero-order valence-corrected chi connectivity index (χ0v) is 19.8. The Hall–Kier alpha value is -1.79. The number of aliphatic hydroxyl groups is 1. The number of thioether (sulfide) groups is 1. The number of Topliss-reactive ketones (excluding diaryl/α,β-unsaturated/α-hetero) is 1. The number of carbonyl (C=O) groups is 2. The number of aromatic nitrogens is 2. The van der Waals surface area contributed by atoms with E-state index < -0.39 is 6.10 Å². The quantitative estimate of drug-likeness (QED) is 0.543. The monoisotopic (exact) mass is 452 g/mol. The zero-order chi connectivity index (χ0) is 22.7. The second-order valence-electron chi connectivity index (χ2n) is 10.7. The maximum atomic E-state index is 13.3. The number of hydrogen-bond donors (Lipinski definition) is 1. The van der Waals surface area contributed by atoms with Gasteiger partial charge >= 0.3 is 0 Å². The van der Waals surface area contributed by atoms with Crippen LogP contribution in [-0.4, -0.2) is 38.5 Å². The molecule has 5 rings (SSSR count). The standard InChI is InChI=1S/C26H32N2O3S/c1-15-11-17-18-5-6-19(22(31)14-32-24-27-9-4-10-28-24)26(18,3)13-21(30)23(17)25(2)8-7-16(29)12-20(15)25/h4,7-10,12,15,17-19,21,23,30H,5-6,11,13-14H2,1-3H3/t15-,17?,18?,19?,21-,23?,25?,26?/m0/s1. The molecule has 4 aliphatic carbocycles. The van der Waals surface area contributed by atoms with Crippen LogP contribution in [0.15, 0.2) is 47.4 Å². The van der Waals surface area contributed by atoms with Crippen molar-refractivity contribution in [2.24, 2.45) is 40.4 Å². The maximum absolute atomic E-state index is 13.3. The van der Waals surface area contributed by atoms with Crippen molar-refractivity contribution in [2.75, 3.05) is 5.75 Å². The molecule has 0 spiro atoms. The van der Waals surface area contributed by atoms with Crippen LogP contribution in [0.2, 0.25) is 0 Å². The topological polar surface area (TPSA) is 80.2 Å². The van der Waals surface area contributed by atoms with Gasteiger partial charge in [-0.15, -0.1) is 0 Å². The van der Waals surface area contributed by atoms with Gasteiger partial charge in [-0.2, -0.15) is 0 Å². The summed E-state index contributed by atoms with van der Waals surface area (Å²) in [4.78, 5) is 33.9. The normalized spacial score (nSPS) is 42.6. The summed E-state index contributed by atoms with van der Waals surface area (Å²) in [5.74, 6) is 1.88. The average molecular weight is 453 g/mol. The number of ketones is 2. The molecule has 0 aliphatic heterocycles. The molecule has 32 heavy (non-hydrogen) atoms. The average Bonchev–Trinajstić information content (AvgIpc) is 3.10. The van der Waals surface area contributed by atoms with Gasteiger partial charge in [-0.1, -0.05) is 44.2 Å². The molecule has 1 N–H and O–H groups in total. The molecular formula is C26H32N2O3S. The Morgan fingerprint density at radius 2 is 2.00 bits per heavy atom. The highest BCUT2D eigenvalue weighted by atomic mass is 32.2. The molecule has 170 valence electrons. The van der Waals surface area contributed by atoms with E-state index in [2.05, 4.69) is 36.8 Å². The first-order valence-electron chi connectivity index (χ1n) is 11.8. The summed E-state index contributed by atoms with van der Waals surface area (Å²) >= 11 is 1.41. The van der Waals surface area contributed by atoms with Crippen molar-refractivity contribution in [1.29, 1.82) is 0 Å². The lowest BCUT2D eigenvalue weighted by molar-refractivity contribution is -0.139. The predicted octanol–water partition coefficient (Wildman–Crippen LogP) is 4.28. The van der Waals surface area contributed by atoms with Gasteiger partial charge in [-0.3, -0.25) is 9.59 Å². The number of carbonyl (C=O) groups excluding carboxylic acids is 2. The van der Waals surface area contributed by atoms with Crippen molar-refractivity contribution in [3.05, 3.63) is 42.3 Å². The number of nitrogens with zero attached hydrogens (tertiary/aromatic N) is 2. The summed E-state index contributed by atoms with van der Waals surface area (Å²) < 4.78 is 0. The number of allylic oxidation sites excluding steroid dienone is 4. The Bertz CT molecular complexity index is 992. The second kappa shape index (κ2) is 7.91. The Morgan fingerprint density at radius 1 is 1.25 bits per heavy atom. The van der Waals surface area contributed by atoms with Crippen molar-refractivity contribution < 1.29 is 14.7 Å². The molecule has 0 aromatic carbocycles. The largest absolute Gasteiger partial charge is 0.393 e. The molecule has 6 heteroatoms. The Morgan fingerprint density at radius 3 is 2.75 bits per heavy atom. The van der Waals surface area contributed by atoms with Crippen molar-refractivity contribution in [3.8, 4) is 0 Å². The van der Waals surface area contributed by atoms with Crippen LogP contribution in [0, 0.1) is 40.4 Å². The number of aliphatic hydroxyl groups excluding tert-OH is 1. The maximum Gasteiger partial charge on any atom is 0.187 e. The molecule has 1 aromatic rings. The first kappa shape index (κ1) is 22.0. The van der Waals surface area contributed by atoms with E-state index in [4.69, 9.17) is 0 Å². The molecule has 1 aromatic heterocycles. The van der Waals surface area contributed by atoms with Crippen molar-refractivity contribution in [2.45, 2.75) is 57.7 Å². The summed E-state index contributed by atoms with van der Waals surface area (Å²) in [6.45, 7) is 6.67. The summed E-state index contributed by atoms with van der Waals surface area (Å²) in [5.41, 5.74) is 0.722. The first-order chi connectivity index (χ1) is 15.2. The fraction of sp³-hybridized carbons (Fsp3) is 0.615. The fourth-order valence-corrected chi connectivity index (χ4v) is 8.62. The van der Waals surface area contributed by atoms with Crippen LogP contribution in [0.25, 0.3) is 0 Å². The van der Waals surface area contributed by atoms with E-state index in [1.807, 2.05) is 6.08 Å². The van der Waals surface area contributed by atoms with Gasteiger partial charge in [-0.05, 0) is 67.1 Å². The van der Waals surface area contributed by atoms with E-state index in [0.717, 1.165) is 19.3 Å². The molecule has 0 bridgehead atoms. The SMILES string of the molecule is C[C@H]1CC2C([C@@H](O)CC3(C)C(C(=O)CSc4ncccn4)CCC23)C2(C)C=CC(=O)C=C12. The van der Waals surface area contributed by atoms with E-state index in [0.29, 0.717) is 35.1 Å². The zero-order valence-electron chi connectivity index (χ0n) is 19.0. The molecular weight excluding hydrogens is 420 g/mol.